The molecular formula is C20H30O5. The van der Waals surface area contributed by atoms with Gasteiger partial charge < -0.3 is 20.1 Å². The molecule has 0 aromatic rings. The molecular weight excluding hydrogens is 320 g/mol. The molecule has 25 heavy (non-hydrogen) atoms. The molecule has 1 spiro atoms. The summed E-state index contributed by atoms with van der Waals surface area (Å²) >= 11 is 0. The van der Waals surface area contributed by atoms with Crippen molar-refractivity contribution in [3.8, 4) is 0 Å². The third-order valence-electron chi connectivity index (χ3n) is 9.40. The van der Waals surface area contributed by atoms with Gasteiger partial charge in [-0.15, -0.1) is 0 Å². The first-order chi connectivity index (χ1) is 11.8. The van der Waals surface area contributed by atoms with Gasteiger partial charge in [-0.25, -0.2) is 0 Å². The fourth-order valence-corrected chi connectivity index (χ4v) is 8.27. The number of hydrogen-bond donors (Lipinski definition) is 3. The minimum atomic E-state index is -0.812. The predicted molar refractivity (Wildman–Crippen MR) is 89.8 cm³/mol. The van der Waals surface area contributed by atoms with Gasteiger partial charge in [0, 0.05) is 11.8 Å². The number of fused-ring (bicyclic) bond motifs is 1. The number of carboxylic acids is 1. The first-order valence-electron chi connectivity index (χ1n) is 10.0. The first kappa shape index (κ1) is 16.5. The second-order valence-corrected chi connectivity index (χ2v) is 9.95. The molecule has 4 saturated carbocycles. The van der Waals surface area contributed by atoms with Crippen molar-refractivity contribution in [2.24, 2.45) is 28.6 Å². The lowest BCUT2D eigenvalue weighted by Gasteiger charge is -2.63. The summed E-state index contributed by atoms with van der Waals surface area (Å²) in [7, 11) is 0. The number of aliphatic carboxylic acids is 1. The molecule has 0 radical (unpaired) electrons. The van der Waals surface area contributed by atoms with Gasteiger partial charge in [0.05, 0.1) is 29.8 Å². The lowest BCUT2D eigenvalue weighted by Crippen LogP contribution is -2.66. The Morgan fingerprint density at radius 3 is 2.60 bits per heavy atom. The second kappa shape index (κ2) is 4.79. The van der Waals surface area contributed by atoms with Gasteiger partial charge >= 0.3 is 5.97 Å². The fourth-order valence-electron chi connectivity index (χ4n) is 8.27. The monoisotopic (exact) mass is 350 g/mol. The highest BCUT2D eigenvalue weighted by Crippen LogP contribution is 2.74. The van der Waals surface area contributed by atoms with Crippen LogP contribution in [0, 0.1) is 28.6 Å². The van der Waals surface area contributed by atoms with Crippen LogP contribution in [0.25, 0.3) is 0 Å². The van der Waals surface area contributed by atoms with Crippen molar-refractivity contribution in [2.45, 2.75) is 82.0 Å². The molecule has 5 aliphatic rings. The van der Waals surface area contributed by atoms with Crippen molar-refractivity contribution >= 4 is 5.97 Å². The Balaban J connectivity index is 1.56. The van der Waals surface area contributed by atoms with Crippen LogP contribution < -0.4 is 0 Å². The molecule has 0 aromatic carbocycles. The van der Waals surface area contributed by atoms with E-state index in [-0.39, 0.29) is 28.3 Å². The SMILES string of the molecule is C[C@]12CC[C@H]3[C@@]4(CC[C@@]5(O)C[C@H](O)CC[C@]35CO4)[C@@H]1CC[C@@H]2C(=O)O. The van der Waals surface area contributed by atoms with Gasteiger partial charge in [-0.3, -0.25) is 4.79 Å². The van der Waals surface area contributed by atoms with Gasteiger partial charge in [0.2, 0.25) is 0 Å². The van der Waals surface area contributed by atoms with Crippen molar-refractivity contribution in [3.05, 3.63) is 0 Å². The van der Waals surface area contributed by atoms with Crippen LogP contribution in [0.4, 0.5) is 0 Å². The zero-order valence-corrected chi connectivity index (χ0v) is 15.0. The Hall–Kier alpha value is -0.650. The van der Waals surface area contributed by atoms with E-state index in [1.54, 1.807) is 0 Å². The quantitative estimate of drug-likeness (QED) is 0.676. The summed E-state index contributed by atoms with van der Waals surface area (Å²) in [4.78, 5) is 11.8. The van der Waals surface area contributed by atoms with E-state index in [1.165, 1.54) is 0 Å². The topological polar surface area (TPSA) is 87.0 Å². The standard InChI is InChI=1S/C20H30O5/c1-17-6-5-15-18-7-4-12(21)10-19(18,24)8-9-20(15,25-11-18)14(17)3-2-13(17)16(22)23/h12-15,21,24H,2-11H2,1H3,(H,22,23)/t12-,13-,14-,15-,17-,18+,19-,20-/m1/s1. The van der Waals surface area contributed by atoms with Gasteiger partial charge in [0.1, 0.15) is 0 Å². The molecule has 5 fully saturated rings. The van der Waals surface area contributed by atoms with Gasteiger partial charge in [-0.05, 0) is 68.6 Å². The average molecular weight is 350 g/mol. The van der Waals surface area contributed by atoms with E-state index in [0.29, 0.717) is 25.4 Å². The van der Waals surface area contributed by atoms with E-state index < -0.39 is 17.7 Å². The summed E-state index contributed by atoms with van der Waals surface area (Å²) in [5.74, 6) is -0.310. The zero-order valence-electron chi connectivity index (χ0n) is 15.0. The Morgan fingerprint density at radius 2 is 1.84 bits per heavy atom. The first-order valence-corrected chi connectivity index (χ1v) is 10.0. The number of ether oxygens (including phenoxy) is 1. The molecule has 1 saturated heterocycles. The lowest BCUT2D eigenvalue weighted by molar-refractivity contribution is -0.216. The molecule has 0 aromatic heterocycles. The number of aliphatic hydroxyl groups is 2. The van der Waals surface area contributed by atoms with Crippen LogP contribution >= 0.6 is 0 Å². The van der Waals surface area contributed by atoms with Crippen molar-refractivity contribution in [3.63, 3.8) is 0 Å². The highest BCUT2D eigenvalue weighted by Gasteiger charge is 2.76. The number of carbonyl (C=O) groups is 1. The molecule has 1 heterocycles. The molecule has 5 heteroatoms. The number of rotatable bonds is 1. The van der Waals surface area contributed by atoms with Crippen molar-refractivity contribution in [2.75, 3.05) is 6.61 Å². The number of aliphatic hydroxyl groups excluding tert-OH is 1. The van der Waals surface area contributed by atoms with E-state index in [0.717, 1.165) is 44.9 Å². The van der Waals surface area contributed by atoms with E-state index >= 15 is 0 Å². The summed E-state index contributed by atoms with van der Waals surface area (Å²) in [6.45, 7) is 2.76. The van der Waals surface area contributed by atoms with Crippen molar-refractivity contribution < 1.29 is 24.9 Å². The molecule has 5 nitrogen and oxygen atoms in total. The van der Waals surface area contributed by atoms with Gasteiger partial charge in [-0.1, -0.05) is 6.92 Å². The molecule has 0 amide bonds. The molecule has 8 atom stereocenters. The van der Waals surface area contributed by atoms with Crippen molar-refractivity contribution in [1.29, 1.82) is 0 Å². The van der Waals surface area contributed by atoms with Crippen LogP contribution in [0.15, 0.2) is 0 Å². The predicted octanol–water partition coefficient (Wildman–Crippen LogP) is 2.34. The maximum atomic E-state index is 11.8. The highest BCUT2D eigenvalue weighted by molar-refractivity contribution is 5.71. The summed E-state index contributed by atoms with van der Waals surface area (Å²) in [6, 6.07) is 0. The molecule has 0 unspecified atom stereocenters. The normalized spacial score (nSPS) is 59.8. The summed E-state index contributed by atoms with van der Waals surface area (Å²) in [6.07, 6.45) is 6.72. The minimum Gasteiger partial charge on any atom is -0.481 e. The zero-order chi connectivity index (χ0) is 17.7. The molecule has 2 bridgehead atoms. The second-order valence-electron chi connectivity index (χ2n) is 9.95. The molecule has 140 valence electrons. The maximum Gasteiger partial charge on any atom is 0.307 e. The Kier molecular flexibility index (Phi) is 3.16. The summed E-state index contributed by atoms with van der Waals surface area (Å²) < 4.78 is 6.60. The number of hydrogen-bond acceptors (Lipinski definition) is 4. The van der Waals surface area contributed by atoms with Gasteiger partial charge in [0.15, 0.2) is 0 Å². The highest BCUT2D eigenvalue weighted by atomic mass is 16.5. The van der Waals surface area contributed by atoms with Crippen LogP contribution in [0.1, 0.15) is 64.7 Å². The third-order valence-corrected chi connectivity index (χ3v) is 9.40. The van der Waals surface area contributed by atoms with Crippen LogP contribution in [0.3, 0.4) is 0 Å². The fraction of sp³-hybridized carbons (Fsp3) is 0.950. The summed E-state index contributed by atoms with van der Waals surface area (Å²) in [5.41, 5.74) is -1.47. The smallest absolute Gasteiger partial charge is 0.307 e. The maximum absolute atomic E-state index is 11.8. The van der Waals surface area contributed by atoms with E-state index in [9.17, 15) is 20.1 Å². The molecule has 5 rings (SSSR count). The van der Waals surface area contributed by atoms with Crippen LogP contribution in [-0.4, -0.2) is 45.2 Å². The van der Waals surface area contributed by atoms with E-state index in [2.05, 4.69) is 6.92 Å². The molecule has 1 aliphatic heterocycles. The lowest BCUT2D eigenvalue weighted by atomic mass is 9.42. The van der Waals surface area contributed by atoms with Gasteiger partial charge in [-0.2, -0.15) is 0 Å². The largest absolute Gasteiger partial charge is 0.481 e. The Morgan fingerprint density at radius 1 is 1.04 bits per heavy atom. The van der Waals surface area contributed by atoms with Gasteiger partial charge in [0.25, 0.3) is 0 Å². The molecule has 3 N–H and O–H groups in total. The number of carboxylic acid groups (broad SMARTS) is 1. The van der Waals surface area contributed by atoms with Crippen LogP contribution in [0.5, 0.6) is 0 Å². The van der Waals surface area contributed by atoms with E-state index in [1.807, 2.05) is 0 Å². The minimum absolute atomic E-state index is 0.183. The Bertz CT molecular complexity index is 621. The Labute approximate surface area is 148 Å². The summed E-state index contributed by atoms with van der Waals surface area (Å²) in [5, 5.41) is 31.4. The third kappa shape index (κ3) is 1.73. The van der Waals surface area contributed by atoms with E-state index in [4.69, 9.17) is 4.74 Å². The van der Waals surface area contributed by atoms with Crippen LogP contribution in [0.2, 0.25) is 0 Å². The molecule has 4 aliphatic carbocycles. The average Bonchev–Trinajstić information content (AvgIpc) is 3.03. The van der Waals surface area contributed by atoms with Crippen molar-refractivity contribution in [1.82, 2.24) is 0 Å². The van der Waals surface area contributed by atoms with Crippen LogP contribution in [-0.2, 0) is 9.53 Å².